The second-order valence-electron chi connectivity index (χ2n) is 8.44. The highest BCUT2D eigenvalue weighted by Crippen LogP contribution is 2.39. The van der Waals surface area contributed by atoms with E-state index in [0.717, 1.165) is 16.8 Å². The highest BCUT2D eigenvalue weighted by Gasteiger charge is 2.41. The Morgan fingerprint density at radius 3 is 2.50 bits per heavy atom. The minimum absolute atomic E-state index is 0.0856. The predicted octanol–water partition coefficient (Wildman–Crippen LogP) is 3.58. The first-order valence-electron chi connectivity index (χ1n) is 11.3. The number of aromatic nitrogens is 1. The molecule has 34 heavy (non-hydrogen) atoms. The first kappa shape index (κ1) is 23.3. The standard InChI is InChI=1S/C27H29N3O4/c1-18-7-9-19(10-8-18)27(32)30-16-23(22-12-11-21(33-2)14-25(22)34-3)24(17-30)26(31)29-15-20-6-4-5-13-28-20/h4-14,23-24H,15-17H2,1-3H3,(H,29,31)/t23-,24-/m1/s1. The Morgan fingerprint density at radius 1 is 1.03 bits per heavy atom. The van der Waals surface area contributed by atoms with Crippen molar-refractivity contribution in [2.75, 3.05) is 27.3 Å². The summed E-state index contributed by atoms with van der Waals surface area (Å²) in [6.07, 6.45) is 1.70. The van der Waals surface area contributed by atoms with Crippen LogP contribution in [0.2, 0.25) is 0 Å². The van der Waals surface area contributed by atoms with E-state index >= 15 is 0 Å². The summed E-state index contributed by atoms with van der Waals surface area (Å²) in [5.41, 5.74) is 3.35. The van der Waals surface area contributed by atoms with Gasteiger partial charge in [-0.25, -0.2) is 0 Å². The summed E-state index contributed by atoms with van der Waals surface area (Å²) in [5.74, 6) is 0.448. The van der Waals surface area contributed by atoms with Gasteiger partial charge in [-0.05, 0) is 37.3 Å². The summed E-state index contributed by atoms with van der Waals surface area (Å²) in [7, 11) is 3.19. The topological polar surface area (TPSA) is 80.8 Å². The number of nitrogens with one attached hydrogen (secondary N) is 1. The second kappa shape index (κ2) is 10.4. The fourth-order valence-corrected chi connectivity index (χ4v) is 4.37. The Labute approximate surface area is 199 Å². The zero-order valence-electron chi connectivity index (χ0n) is 19.7. The summed E-state index contributed by atoms with van der Waals surface area (Å²) in [6.45, 7) is 3.05. The van der Waals surface area contributed by atoms with Crippen molar-refractivity contribution in [1.29, 1.82) is 0 Å². The summed E-state index contributed by atoms with van der Waals surface area (Å²) < 4.78 is 11.0. The molecule has 3 aromatic rings. The normalized spacial score (nSPS) is 17.3. The largest absolute Gasteiger partial charge is 0.497 e. The van der Waals surface area contributed by atoms with Crippen LogP contribution in [-0.4, -0.2) is 49.0 Å². The van der Waals surface area contributed by atoms with Gasteiger partial charge in [0.15, 0.2) is 0 Å². The minimum atomic E-state index is -0.430. The number of hydrogen-bond donors (Lipinski definition) is 1. The predicted molar refractivity (Wildman–Crippen MR) is 129 cm³/mol. The molecular formula is C27H29N3O4. The molecule has 1 fully saturated rings. The lowest BCUT2D eigenvalue weighted by Crippen LogP contribution is -2.35. The molecule has 2 atom stereocenters. The van der Waals surface area contributed by atoms with Gasteiger partial charge in [-0.1, -0.05) is 29.8 Å². The first-order valence-corrected chi connectivity index (χ1v) is 11.3. The van der Waals surface area contributed by atoms with Gasteiger partial charge >= 0.3 is 0 Å². The molecule has 2 heterocycles. The van der Waals surface area contributed by atoms with Gasteiger partial charge in [0.25, 0.3) is 5.91 Å². The highest BCUT2D eigenvalue weighted by atomic mass is 16.5. The molecule has 0 unspecified atom stereocenters. The van der Waals surface area contributed by atoms with Gasteiger partial charge < -0.3 is 19.7 Å². The Morgan fingerprint density at radius 2 is 1.82 bits per heavy atom. The number of methoxy groups -OCH3 is 2. The van der Waals surface area contributed by atoms with Gasteiger partial charge in [-0.3, -0.25) is 14.6 Å². The van der Waals surface area contributed by atoms with Crippen molar-refractivity contribution in [3.63, 3.8) is 0 Å². The van der Waals surface area contributed by atoms with E-state index in [1.165, 1.54) is 0 Å². The van der Waals surface area contributed by atoms with Crippen LogP contribution in [0.1, 0.15) is 33.1 Å². The van der Waals surface area contributed by atoms with Crippen LogP contribution >= 0.6 is 0 Å². The van der Waals surface area contributed by atoms with Crippen LogP contribution in [0, 0.1) is 12.8 Å². The molecule has 1 N–H and O–H groups in total. The number of amides is 2. The van der Waals surface area contributed by atoms with Crippen LogP contribution in [0.3, 0.4) is 0 Å². The zero-order chi connectivity index (χ0) is 24.1. The Kier molecular flexibility index (Phi) is 7.11. The van der Waals surface area contributed by atoms with Gasteiger partial charge in [-0.15, -0.1) is 0 Å². The fraction of sp³-hybridized carbons (Fsp3) is 0.296. The Bertz CT molecular complexity index is 1150. The van der Waals surface area contributed by atoms with E-state index in [0.29, 0.717) is 36.7 Å². The molecule has 1 aliphatic heterocycles. The van der Waals surface area contributed by atoms with Crippen molar-refractivity contribution in [1.82, 2.24) is 15.2 Å². The molecule has 0 spiro atoms. The number of carbonyl (C=O) groups is 2. The Balaban J connectivity index is 1.61. The third-order valence-electron chi connectivity index (χ3n) is 6.25. The smallest absolute Gasteiger partial charge is 0.253 e. The molecule has 2 aromatic carbocycles. The van der Waals surface area contributed by atoms with Crippen LogP contribution in [0.15, 0.2) is 66.9 Å². The maximum absolute atomic E-state index is 13.3. The molecule has 176 valence electrons. The summed E-state index contributed by atoms with van der Waals surface area (Å²) in [6, 6.07) is 18.7. The van der Waals surface area contributed by atoms with Crippen molar-refractivity contribution >= 4 is 11.8 Å². The second-order valence-corrected chi connectivity index (χ2v) is 8.44. The third-order valence-corrected chi connectivity index (χ3v) is 6.25. The maximum Gasteiger partial charge on any atom is 0.253 e. The Hall–Kier alpha value is -3.87. The number of nitrogens with zero attached hydrogens (tertiary/aromatic N) is 2. The van der Waals surface area contributed by atoms with Crippen molar-refractivity contribution in [2.45, 2.75) is 19.4 Å². The van der Waals surface area contributed by atoms with Crippen LogP contribution in [0.25, 0.3) is 0 Å². The molecule has 0 radical (unpaired) electrons. The molecule has 2 amide bonds. The number of likely N-dealkylation sites (tertiary alicyclic amines) is 1. The monoisotopic (exact) mass is 459 g/mol. The number of hydrogen-bond acceptors (Lipinski definition) is 5. The quantitative estimate of drug-likeness (QED) is 0.584. The summed E-state index contributed by atoms with van der Waals surface area (Å²) >= 11 is 0. The van der Waals surface area contributed by atoms with Crippen LogP contribution in [-0.2, 0) is 11.3 Å². The molecule has 7 nitrogen and oxygen atoms in total. The van der Waals surface area contributed by atoms with Crippen molar-refractivity contribution in [3.8, 4) is 11.5 Å². The van der Waals surface area contributed by atoms with E-state index in [-0.39, 0.29) is 17.7 Å². The van der Waals surface area contributed by atoms with E-state index in [2.05, 4.69) is 10.3 Å². The van der Waals surface area contributed by atoms with Crippen molar-refractivity contribution in [2.24, 2.45) is 5.92 Å². The average Bonchev–Trinajstić information content (AvgIpc) is 3.33. The van der Waals surface area contributed by atoms with E-state index in [1.54, 1.807) is 25.3 Å². The molecule has 0 aliphatic carbocycles. The van der Waals surface area contributed by atoms with Gasteiger partial charge in [0.1, 0.15) is 11.5 Å². The molecule has 4 rings (SSSR count). The van der Waals surface area contributed by atoms with Gasteiger partial charge in [-0.2, -0.15) is 0 Å². The summed E-state index contributed by atoms with van der Waals surface area (Å²) in [4.78, 5) is 32.6. The molecule has 0 saturated carbocycles. The van der Waals surface area contributed by atoms with Crippen molar-refractivity contribution in [3.05, 3.63) is 89.2 Å². The van der Waals surface area contributed by atoms with Crippen LogP contribution in [0.5, 0.6) is 11.5 Å². The van der Waals surface area contributed by atoms with E-state index in [4.69, 9.17) is 9.47 Å². The molecule has 1 saturated heterocycles. The molecule has 1 aliphatic rings. The highest BCUT2D eigenvalue weighted by molar-refractivity contribution is 5.95. The lowest BCUT2D eigenvalue weighted by atomic mass is 9.87. The first-order chi connectivity index (χ1) is 16.5. The lowest BCUT2D eigenvalue weighted by Gasteiger charge is -2.21. The van der Waals surface area contributed by atoms with Gasteiger partial charge in [0.2, 0.25) is 5.91 Å². The number of benzene rings is 2. The SMILES string of the molecule is COc1ccc([C@H]2CN(C(=O)c3ccc(C)cc3)C[C@H]2C(=O)NCc2ccccn2)c(OC)c1. The van der Waals surface area contributed by atoms with E-state index in [9.17, 15) is 9.59 Å². The van der Waals surface area contributed by atoms with E-state index in [1.807, 2.05) is 67.6 Å². The molecule has 1 aromatic heterocycles. The number of pyridine rings is 1. The number of aryl methyl sites for hydroxylation is 1. The third kappa shape index (κ3) is 5.03. The minimum Gasteiger partial charge on any atom is -0.497 e. The maximum atomic E-state index is 13.3. The fourth-order valence-electron chi connectivity index (χ4n) is 4.37. The summed E-state index contributed by atoms with van der Waals surface area (Å²) in [5, 5.41) is 3.00. The van der Waals surface area contributed by atoms with Crippen LogP contribution in [0.4, 0.5) is 0 Å². The van der Waals surface area contributed by atoms with Crippen molar-refractivity contribution < 1.29 is 19.1 Å². The number of ether oxygens (including phenoxy) is 2. The van der Waals surface area contributed by atoms with E-state index < -0.39 is 5.92 Å². The molecule has 0 bridgehead atoms. The van der Waals surface area contributed by atoms with Gasteiger partial charge in [0, 0.05) is 42.4 Å². The zero-order valence-corrected chi connectivity index (χ0v) is 19.7. The lowest BCUT2D eigenvalue weighted by molar-refractivity contribution is -0.125. The van der Waals surface area contributed by atoms with Gasteiger partial charge in [0.05, 0.1) is 32.4 Å². The molecular weight excluding hydrogens is 430 g/mol. The average molecular weight is 460 g/mol. The number of carbonyl (C=O) groups excluding carboxylic acids is 2. The van der Waals surface area contributed by atoms with Crippen LogP contribution < -0.4 is 14.8 Å². The molecule has 7 heteroatoms. The number of rotatable bonds is 7.